The van der Waals surface area contributed by atoms with Crippen molar-refractivity contribution in [1.82, 2.24) is 15.2 Å². The van der Waals surface area contributed by atoms with Gasteiger partial charge in [-0.15, -0.1) is 11.3 Å². The van der Waals surface area contributed by atoms with E-state index in [2.05, 4.69) is 10.2 Å². The third-order valence-electron chi connectivity index (χ3n) is 5.36. The van der Waals surface area contributed by atoms with Gasteiger partial charge < -0.3 is 20.9 Å². The van der Waals surface area contributed by atoms with Crippen LogP contribution in [0.15, 0.2) is 35.7 Å². The zero-order chi connectivity index (χ0) is 21.8. The van der Waals surface area contributed by atoms with Crippen LogP contribution in [0.1, 0.15) is 28.6 Å². The molecule has 1 atom stereocenters. The average Bonchev–Trinajstić information content (AvgIpc) is 3.46. The molecule has 3 heterocycles. The Morgan fingerprint density at radius 2 is 2.03 bits per heavy atom. The summed E-state index contributed by atoms with van der Waals surface area (Å²) >= 11 is 3.22. The highest BCUT2D eigenvalue weighted by molar-refractivity contribution is 7.22. The van der Waals surface area contributed by atoms with Gasteiger partial charge in [-0.05, 0) is 36.1 Å². The van der Waals surface area contributed by atoms with Crippen LogP contribution in [-0.4, -0.2) is 60.5 Å². The monoisotopic (exact) mass is 457 g/mol. The number of aromatic nitrogens is 1. The summed E-state index contributed by atoms with van der Waals surface area (Å²) in [6.45, 7) is 5.42. The third kappa shape index (κ3) is 5.06. The smallest absolute Gasteiger partial charge is 0.251 e. The van der Waals surface area contributed by atoms with Gasteiger partial charge >= 0.3 is 0 Å². The molecule has 1 aliphatic heterocycles. The van der Waals surface area contributed by atoms with Gasteiger partial charge in [0.25, 0.3) is 5.91 Å². The minimum absolute atomic E-state index is 0.0140. The van der Waals surface area contributed by atoms with Crippen molar-refractivity contribution in [3.8, 4) is 0 Å². The summed E-state index contributed by atoms with van der Waals surface area (Å²) in [5.74, 6) is -0.0372. The molecule has 0 radical (unpaired) electrons. The molecule has 0 aliphatic carbocycles. The lowest BCUT2D eigenvalue weighted by Gasteiger charge is -2.35. The minimum Gasteiger partial charge on any atom is -0.352 e. The largest absolute Gasteiger partial charge is 0.352 e. The lowest BCUT2D eigenvalue weighted by molar-refractivity contribution is -0.132. The Balaban J connectivity index is 1.36. The van der Waals surface area contributed by atoms with E-state index in [4.69, 9.17) is 10.7 Å². The van der Waals surface area contributed by atoms with Crippen LogP contribution < -0.4 is 16.0 Å². The summed E-state index contributed by atoms with van der Waals surface area (Å²) in [5, 5.41) is 5.84. The number of hydrogen-bond acceptors (Lipinski definition) is 7. The number of nitrogens with one attached hydrogen (secondary N) is 1. The van der Waals surface area contributed by atoms with Crippen LogP contribution in [0.4, 0.5) is 5.13 Å². The quantitative estimate of drug-likeness (QED) is 0.569. The van der Waals surface area contributed by atoms with Crippen molar-refractivity contribution >= 4 is 49.8 Å². The Morgan fingerprint density at radius 1 is 1.23 bits per heavy atom. The number of hydrogen-bond donors (Lipinski definition) is 2. The summed E-state index contributed by atoms with van der Waals surface area (Å²) in [6.07, 6.45) is 1.49. The number of amides is 2. The Hall–Kier alpha value is -2.49. The fourth-order valence-corrected chi connectivity index (χ4v) is 5.44. The molecule has 1 aliphatic rings. The number of anilines is 1. The normalized spacial score (nSPS) is 15.3. The highest BCUT2D eigenvalue weighted by Crippen LogP contribution is 2.30. The maximum Gasteiger partial charge on any atom is 0.251 e. The second-order valence-electron chi connectivity index (χ2n) is 7.64. The third-order valence-corrected chi connectivity index (χ3v) is 7.33. The first-order valence-corrected chi connectivity index (χ1v) is 12.2. The molecule has 0 unspecified atom stereocenters. The molecule has 7 nitrogen and oxygen atoms in total. The molecule has 0 spiro atoms. The Morgan fingerprint density at radius 3 is 2.74 bits per heavy atom. The van der Waals surface area contributed by atoms with E-state index in [-0.39, 0.29) is 11.8 Å². The van der Waals surface area contributed by atoms with Crippen molar-refractivity contribution < 1.29 is 9.59 Å². The van der Waals surface area contributed by atoms with Crippen molar-refractivity contribution in [2.75, 3.05) is 37.6 Å². The molecule has 0 bridgehead atoms. The highest BCUT2D eigenvalue weighted by atomic mass is 32.1. The van der Waals surface area contributed by atoms with E-state index in [1.807, 2.05) is 47.5 Å². The molecule has 1 fully saturated rings. The fourth-order valence-electron chi connectivity index (χ4n) is 3.61. The Bertz CT molecular complexity index is 1040. The number of thiazole rings is 1. The molecule has 4 rings (SSSR count). The second kappa shape index (κ2) is 9.76. The molecule has 1 aromatic carbocycles. The van der Waals surface area contributed by atoms with Gasteiger partial charge in [0, 0.05) is 49.6 Å². The summed E-state index contributed by atoms with van der Waals surface area (Å²) < 4.78 is 0.996. The van der Waals surface area contributed by atoms with Crippen molar-refractivity contribution in [3.05, 3.63) is 46.2 Å². The van der Waals surface area contributed by atoms with E-state index in [1.54, 1.807) is 22.7 Å². The minimum atomic E-state index is -0.495. The molecule has 1 saturated heterocycles. The molecule has 31 heavy (non-hydrogen) atoms. The van der Waals surface area contributed by atoms with Crippen molar-refractivity contribution in [2.24, 2.45) is 5.73 Å². The van der Waals surface area contributed by atoms with Crippen LogP contribution in [-0.2, 0) is 11.2 Å². The first kappa shape index (κ1) is 21.7. The molecule has 2 amide bonds. The second-order valence-corrected chi connectivity index (χ2v) is 9.68. The van der Waals surface area contributed by atoms with Gasteiger partial charge in [-0.25, -0.2) is 4.98 Å². The van der Waals surface area contributed by atoms with Crippen LogP contribution in [0.3, 0.4) is 0 Å². The van der Waals surface area contributed by atoms with Gasteiger partial charge in [0.1, 0.15) is 0 Å². The van der Waals surface area contributed by atoms with Crippen molar-refractivity contribution in [1.29, 1.82) is 0 Å². The first-order valence-electron chi connectivity index (χ1n) is 10.6. The number of benzene rings is 1. The number of nitrogens with zero attached hydrogens (tertiary/aromatic N) is 3. The zero-order valence-electron chi connectivity index (χ0n) is 17.5. The number of thiophene rings is 1. The van der Waals surface area contributed by atoms with Crippen molar-refractivity contribution in [2.45, 2.75) is 25.8 Å². The molecule has 3 N–H and O–H groups in total. The van der Waals surface area contributed by atoms with E-state index in [1.165, 1.54) is 0 Å². The van der Waals surface area contributed by atoms with E-state index < -0.39 is 6.04 Å². The van der Waals surface area contributed by atoms with E-state index in [9.17, 15) is 9.59 Å². The molecule has 2 aromatic heterocycles. The van der Waals surface area contributed by atoms with Gasteiger partial charge in [0.15, 0.2) is 5.13 Å². The number of fused-ring (bicyclic) bond motifs is 1. The number of carbonyl (C=O) groups is 2. The van der Waals surface area contributed by atoms with Crippen LogP contribution in [0.25, 0.3) is 10.2 Å². The number of carbonyl (C=O) groups excluding carboxylic acids is 2. The molecular weight excluding hydrogens is 430 g/mol. The molecule has 3 aromatic rings. The standard InChI is InChI=1S/C22H27N5O2S2/c1-2-7-24-20(28)15-5-6-18-19(13-15)31-22(25-18)27-10-8-26(9-11-27)21(29)17(23)14-16-4-3-12-30-16/h3-6,12-13,17H,2,7-11,14,23H2,1H3,(H,24,28)/t17-/m0/s1. The lowest BCUT2D eigenvalue weighted by atomic mass is 10.1. The number of rotatable bonds is 7. The predicted molar refractivity (Wildman–Crippen MR) is 127 cm³/mol. The van der Waals surface area contributed by atoms with Gasteiger partial charge in [-0.2, -0.15) is 0 Å². The van der Waals surface area contributed by atoms with Gasteiger partial charge in [-0.1, -0.05) is 24.3 Å². The summed E-state index contributed by atoms with van der Waals surface area (Å²) in [7, 11) is 0. The average molecular weight is 458 g/mol. The summed E-state index contributed by atoms with van der Waals surface area (Å²) in [5.41, 5.74) is 7.71. The lowest BCUT2D eigenvalue weighted by Crippen LogP contribution is -2.53. The fraction of sp³-hybridized carbons (Fsp3) is 0.409. The molecular formula is C22H27N5O2S2. The molecule has 164 valence electrons. The number of nitrogens with two attached hydrogens (primary N) is 1. The molecule has 9 heteroatoms. The van der Waals surface area contributed by atoms with E-state index in [0.717, 1.165) is 39.7 Å². The van der Waals surface area contributed by atoms with Crippen LogP contribution >= 0.6 is 22.7 Å². The Labute approximate surface area is 189 Å². The van der Waals surface area contributed by atoms with E-state index >= 15 is 0 Å². The van der Waals surface area contributed by atoms with E-state index in [0.29, 0.717) is 31.6 Å². The maximum atomic E-state index is 12.7. The first-order chi connectivity index (χ1) is 15.0. The summed E-state index contributed by atoms with van der Waals surface area (Å²) in [4.78, 5) is 34.9. The van der Waals surface area contributed by atoms with Crippen LogP contribution in [0.5, 0.6) is 0 Å². The topological polar surface area (TPSA) is 91.6 Å². The van der Waals surface area contributed by atoms with Gasteiger partial charge in [0.05, 0.1) is 16.3 Å². The van der Waals surface area contributed by atoms with Gasteiger partial charge in [0.2, 0.25) is 5.91 Å². The molecule has 0 saturated carbocycles. The number of piperazine rings is 1. The van der Waals surface area contributed by atoms with Crippen LogP contribution in [0, 0.1) is 0 Å². The highest BCUT2D eigenvalue weighted by Gasteiger charge is 2.27. The predicted octanol–water partition coefficient (Wildman–Crippen LogP) is 2.72. The van der Waals surface area contributed by atoms with Crippen molar-refractivity contribution in [3.63, 3.8) is 0 Å². The Kier molecular flexibility index (Phi) is 6.84. The zero-order valence-corrected chi connectivity index (χ0v) is 19.2. The van der Waals surface area contributed by atoms with Gasteiger partial charge in [-0.3, -0.25) is 9.59 Å². The van der Waals surface area contributed by atoms with Crippen LogP contribution in [0.2, 0.25) is 0 Å². The SMILES string of the molecule is CCCNC(=O)c1ccc2nc(N3CCN(C(=O)[C@@H](N)Cc4cccs4)CC3)sc2c1. The maximum absolute atomic E-state index is 12.7. The summed E-state index contributed by atoms with van der Waals surface area (Å²) in [6, 6.07) is 9.13.